The maximum absolute atomic E-state index is 12.3. The predicted molar refractivity (Wildman–Crippen MR) is 96.4 cm³/mol. The molecule has 3 rings (SSSR count). The molecule has 1 saturated heterocycles. The van der Waals surface area contributed by atoms with Gasteiger partial charge in [0.15, 0.2) is 0 Å². The summed E-state index contributed by atoms with van der Waals surface area (Å²) in [6, 6.07) is 13.0. The van der Waals surface area contributed by atoms with Gasteiger partial charge in [0.05, 0.1) is 6.10 Å². The fourth-order valence-electron chi connectivity index (χ4n) is 2.75. The summed E-state index contributed by atoms with van der Waals surface area (Å²) in [5, 5.41) is 12.8. The van der Waals surface area contributed by atoms with Gasteiger partial charge >= 0.3 is 0 Å². The topological polar surface area (TPSA) is 67.0 Å². The summed E-state index contributed by atoms with van der Waals surface area (Å²) >= 11 is 5.92. The largest absolute Gasteiger partial charge is 0.376 e. The van der Waals surface area contributed by atoms with Gasteiger partial charge in [-0.2, -0.15) is 5.26 Å². The summed E-state index contributed by atoms with van der Waals surface area (Å²) in [4.78, 5) is 12.3. The molecule has 1 aliphatic heterocycles. The molecule has 1 aliphatic rings. The van der Waals surface area contributed by atoms with Crippen molar-refractivity contribution in [2.24, 2.45) is 0 Å². The zero-order chi connectivity index (χ0) is 17.6. The van der Waals surface area contributed by atoms with Crippen LogP contribution < -0.4 is 5.32 Å². The molecule has 2 heterocycles. The number of hydrogen-bond acceptors (Lipinski definition) is 3. The average molecular weight is 356 g/mol. The summed E-state index contributed by atoms with van der Waals surface area (Å²) in [5.74, 6) is -0.387. The SMILES string of the molecule is N#C/C(=C\c1cccn1-c1ccc(Cl)cc1)C(=O)NCC1CCCO1. The Morgan fingerprint density at radius 1 is 1.40 bits per heavy atom. The lowest BCUT2D eigenvalue weighted by atomic mass is 10.2. The Balaban J connectivity index is 1.76. The normalized spacial score (nSPS) is 17.3. The second-order valence-electron chi connectivity index (χ2n) is 5.79. The molecule has 1 aromatic heterocycles. The van der Waals surface area contributed by atoms with E-state index in [-0.39, 0.29) is 17.6 Å². The van der Waals surface area contributed by atoms with Crippen molar-refractivity contribution in [1.82, 2.24) is 9.88 Å². The number of carbonyl (C=O) groups is 1. The highest BCUT2D eigenvalue weighted by atomic mass is 35.5. The predicted octanol–water partition coefficient (Wildman–Crippen LogP) is 3.33. The van der Waals surface area contributed by atoms with E-state index in [1.807, 2.05) is 41.1 Å². The van der Waals surface area contributed by atoms with Gasteiger partial charge in [-0.3, -0.25) is 4.79 Å². The molecule has 1 unspecified atom stereocenters. The number of aromatic nitrogens is 1. The van der Waals surface area contributed by atoms with Gasteiger partial charge in [-0.05, 0) is 55.3 Å². The molecule has 1 aromatic carbocycles. The van der Waals surface area contributed by atoms with Crippen molar-refractivity contribution in [3.8, 4) is 11.8 Å². The number of benzene rings is 1. The van der Waals surface area contributed by atoms with Crippen molar-refractivity contribution >= 4 is 23.6 Å². The lowest BCUT2D eigenvalue weighted by molar-refractivity contribution is -0.117. The number of halogens is 1. The molecular weight excluding hydrogens is 338 g/mol. The van der Waals surface area contributed by atoms with Crippen LogP contribution in [-0.2, 0) is 9.53 Å². The van der Waals surface area contributed by atoms with E-state index in [9.17, 15) is 10.1 Å². The molecule has 2 aromatic rings. The zero-order valence-corrected chi connectivity index (χ0v) is 14.4. The molecule has 0 radical (unpaired) electrons. The van der Waals surface area contributed by atoms with E-state index < -0.39 is 0 Å². The summed E-state index contributed by atoms with van der Waals surface area (Å²) in [5.41, 5.74) is 1.70. The third-order valence-electron chi connectivity index (χ3n) is 4.06. The van der Waals surface area contributed by atoms with Crippen LogP contribution in [0.4, 0.5) is 0 Å². The Hall–Kier alpha value is -2.55. The van der Waals surface area contributed by atoms with Crippen LogP contribution in [0.25, 0.3) is 11.8 Å². The standard InChI is InChI=1S/C19H18ClN3O2/c20-15-5-7-16(8-6-15)23-9-1-3-17(23)11-14(12-21)19(24)22-13-18-4-2-10-25-18/h1,3,5-9,11,18H,2,4,10,13H2,(H,22,24)/b14-11+. The highest BCUT2D eigenvalue weighted by Crippen LogP contribution is 2.18. The molecule has 128 valence electrons. The molecule has 1 fully saturated rings. The van der Waals surface area contributed by atoms with Crippen molar-refractivity contribution in [3.05, 3.63) is 58.9 Å². The Labute approximate surface area is 151 Å². The monoisotopic (exact) mass is 355 g/mol. The second kappa shape index (κ2) is 8.02. The van der Waals surface area contributed by atoms with E-state index >= 15 is 0 Å². The number of ether oxygens (including phenoxy) is 1. The van der Waals surface area contributed by atoms with Crippen LogP contribution in [-0.4, -0.2) is 29.7 Å². The molecule has 1 amide bonds. The summed E-state index contributed by atoms with van der Waals surface area (Å²) in [6.07, 6.45) is 5.44. The van der Waals surface area contributed by atoms with Crippen molar-refractivity contribution in [2.45, 2.75) is 18.9 Å². The van der Waals surface area contributed by atoms with Crippen molar-refractivity contribution in [2.75, 3.05) is 13.2 Å². The van der Waals surface area contributed by atoms with E-state index in [1.54, 1.807) is 18.2 Å². The molecule has 1 atom stereocenters. The molecular formula is C19H18ClN3O2. The van der Waals surface area contributed by atoms with Gasteiger partial charge in [0.1, 0.15) is 11.6 Å². The number of nitrogens with one attached hydrogen (secondary N) is 1. The first-order valence-electron chi connectivity index (χ1n) is 8.12. The molecule has 1 N–H and O–H groups in total. The van der Waals surface area contributed by atoms with Crippen LogP contribution in [0.2, 0.25) is 5.02 Å². The smallest absolute Gasteiger partial charge is 0.262 e. The van der Waals surface area contributed by atoms with Gasteiger partial charge in [-0.15, -0.1) is 0 Å². The van der Waals surface area contributed by atoms with E-state index in [0.717, 1.165) is 30.8 Å². The molecule has 0 spiro atoms. The lowest BCUT2D eigenvalue weighted by Crippen LogP contribution is -2.32. The first-order chi connectivity index (χ1) is 12.2. The lowest BCUT2D eigenvalue weighted by Gasteiger charge is -2.10. The number of carbonyl (C=O) groups excluding carboxylic acids is 1. The number of nitriles is 1. The van der Waals surface area contributed by atoms with E-state index in [2.05, 4.69) is 5.32 Å². The van der Waals surface area contributed by atoms with Gasteiger partial charge in [0.25, 0.3) is 5.91 Å². The minimum atomic E-state index is -0.387. The van der Waals surface area contributed by atoms with Crippen molar-refractivity contribution < 1.29 is 9.53 Å². The second-order valence-corrected chi connectivity index (χ2v) is 6.23. The Bertz CT molecular complexity index is 812. The van der Waals surface area contributed by atoms with E-state index in [0.29, 0.717) is 11.6 Å². The van der Waals surface area contributed by atoms with Crippen LogP contribution in [0.15, 0.2) is 48.2 Å². The Kier molecular flexibility index (Phi) is 5.54. The first kappa shape index (κ1) is 17.3. The molecule has 0 aliphatic carbocycles. The van der Waals surface area contributed by atoms with Crippen molar-refractivity contribution in [1.29, 1.82) is 5.26 Å². The third-order valence-corrected chi connectivity index (χ3v) is 4.31. The van der Waals surface area contributed by atoms with Crippen LogP contribution in [0.3, 0.4) is 0 Å². The summed E-state index contributed by atoms with van der Waals surface area (Å²) < 4.78 is 7.37. The fraction of sp³-hybridized carbons (Fsp3) is 0.263. The molecule has 5 nitrogen and oxygen atoms in total. The molecule has 0 saturated carbocycles. The minimum Gasteiger partial charge on any atom is -0.376 e. The average Bonchev–Trinajstić information content (AvgIpc) is 3.30. The number of hydrogen-bond donors (Lipinski definition) is 1. The van der Waals surface area contributed by atoms with E-state index in [1.165, 1.54) is 0 Å². The van der Waals surface area contributed by atoms with E-state index in [4.69, 9.17) is 16.3 Å². The summed E-state index contributed by atoms with van der Waals surface area (Å²) in [6.45, 7) is 1.16. The fourth-order valence-corrected chi connectivity index (χ4v) is 2.88. The number of amides is 1. The van der Waals surface area contributed by atoms with Gasteiger partial charge in [-0.25, -0.2) is 0 Å². The van der Waals surface area contributed by atoms with Gasteiger partial charge in [0, 0.05) is 35.8 Å². The molecule has 6 heteroatoms. The highest BCUT2D eigenvalue weighted by Gasteiger charge is 2.18. The molecule has 25 heavy (non-hydrogen) atoms. The number of rotatable bonds is 5. The van der Waals surface area contributed by atoms with Crippen LogP contribution in [0.5, 0.6) is 0 Å². The molecule has 0 bridgehead atoms. The third kappa shape index (κ3) is 4.30. The van der Waals surface area contributed by atoms with Crippen LogP contribution in [0.1, 0.15) is 18.5 Å². The quantitative estimate of drug-likeness (QED) is 0.660. The maximum Gasteiger partial charge on any atom is 0.262 e. The Morgan fingerprint density at radius 3 is 2.88 bits per heavy atom. The van der Waals surface area contributed by atoms with Crippen LogP contribution >= 0.6 is 11.6 Å². The maximum atomic E-state index is 12.3. The van der Waals surface area contributed by atoms with Gasteiger partial charge in [0.2, 0.25) is 0 Å². The van der Waals surface area contributed by atoms with Gasteiger partial charge in [-0.1, -0.05) is 11.6 Å². The number of nitrogens with zero attached hydrogens (tertiary/aromatic N) is 2. The van der Waals surface area contributed by atoms with Gasteiger partial charge < -0.3 is 14.6 Å². The minimum absolute atomic E-state index is 0.0434. The Morgan fingerprint density at radius 2 is 2.20 bits per heavy atom. The first-order valence-corrected chi connectivity index (χ1v) is 8.50. The van der Waals surface area contributed by atoms with Crippen molar-refractivity contribution in [3.63, 3.8) is 0 Å². The van der Waals surface area contributed by atoms with Crippen LogP contribution in [0, 0.1) is 11.3 Å². The summed E-state index contributed by atoms with van der Waals surface area (Å²) in [7, 11) is 0. The zero-order valence-electron chi connectivity index (χ0n) is 13.6. The highest BCUT2D eigenvalue weighted by molar-refractivity contribution is 6.30.